The lowest BCUT2D eigenvalue weighted by atomic mass is 9.92. The van der Waals surface area contributed by atoms with Gasteiger partial charge in [0.1, 0.15) is 5.76 Å². The fourth-order valence-corrected chi connectivity index (χ4v) is 4.33. The van der Waals surface area contributed by atoms with Gasteiger partial charge in [0.05, 0.1) is 12.3 Å². The lowest BCUT2D eigenvalue weighted by molar-refractivity contribution is -0.166. The molecule has 3 heterocycles. The Hall–Kier alpha value is -2.99. The van der Waals surface area contributed by atoms with Crippen molar-refractivity contribution in [1.29, 1.82) is 0 Å². The number of aryl methyl sites for hydroxylation is 3. The molecular formula is C27H32N2O4. The Kier molecular flexibility index (Phi) is 7.55. The van der Waals surface area contributed by atoms with Crippen molar-refractivity contribution in [3.63, 3.8) is 0 Å². The molecule has 6 nitrogen and oxygen atoms in total. The van der Waals surface area contributed by atoms with E-state index in [-0.39, 0.29) is 5.97 Å². The van der Waals surface area contributed by atoms with E-state index < -0.39 is 5.60 Å². The maximum atomic E-state index is 12.5. The fraction of sp³-hybridized carbons (Fsp3) is 0.444. The predicted molar refractivity (Wildman–Crippen MR) is 126 cm³/mol. The number of ether oxygens (including phenoxy) is 2. The zero-order valence-electron chi connectivity index (χ0n) is 19.5. The monoisotopic (exact) mass is 448 g/mol. The first-order valence-corrected chi connectivity index (χ1v) is 11.9. The number of carbonyl (C=O) groups is 1. The van der Waals surface area contributed by atoms with Gasteiger partial charge in [-0.15, -0.1) is 0 Å². The third kappa shape index (κ3) is 5.69. The zero-order valence-corrected chi connectivity index (χ0v) is 19.5. The van der Waals surface area contributed by atoms with Crippen LogP contribution in [0.3, 0.4) is 0 Å². The number of aromatic nitrogens is 2. The molecule has 0 bridgehead atoms. The van der Waals surface area contributed by atoms with Crippen molar-refractivity contribution < 1.29 is 18.7 Å². The lowest BCUT2D eigenvalue weighted by Crippen LogP contribution is -2.41. The van der Waals surface area contributed by atoms with Crippen LogP contribution < -0.4 is 0 Å². The second-order valence-electron chi connectivity index (χ2n) is 8.60. The number of oxazole rings is 1. The Balaban J connectivity index is 1.27. The van der Waals surface area contributed by atoms with Gasteiger partial charge in [0, 0.05) is 30.5 Å². The normalized spacial score (nSPS) is 17.9. The topological polar surface area (TPSA) is 74.5 Å². The van der Waals surface area contributed by atoms with E-state index in [2.05, 4.69) is 22.1 Å². The number of pyridine rings is 1. The van der Waals surface area contributed by atoms with Gasteiger partial charge in [0.25, 0.3) is 0 Å². The van der Waals surface area contributed by atoms with Crippen LogP contribution in [0.2, 0.25) is 0 Å². The van der Waals surface area contributed by atoms with E-state index in [9.17, 15) is 4.79 Å². The Bertz CT molecular complexity index is 1040. The summed E-state index contributed by atoms with van der Waals surface area (Å²) in [5.41, 5.74) is 3.23. The lowest BCUT2D eigenvalue weighted by Gasteiger charge is -2.25. The summed E-state index contributed by atoms with van der Waals surface area (Å²) in [5, 5.41) is 0. The molecule has 6 heteroatoms. The highest BCUT2D eigenvalue weighted by atomic mass is 16.6. The molecule has 3 aromatic rings. The quantitative estimate of drug-likeness (QED) is 0.311. The molecule has 0 spiro atoms. The zero-order chi connectivity index (χ0) is 23.1. The van der Waals surface area contributed by atoms with Gasteiger partial charge in [-0.2, -0.15) is 0 Å². The van der Waals surface area contributed by atoms with Crippen LogP contribution in [0.25, 0.3) is 11.5 Å². The molecule has 2 aromatic heterocycles. The molecule has 4 rings (SSSR count). The molecule has 1 saturated heterocycles. The fourth-order valence-electron chi connectivity index (χ4n) is 4.33. The summed E-state index contributed by atoms with van der Waals surface area (Å²) >= 11 is 0. The molecule has 1 fully saturated rings. The minimum absolute atomic E-state index is 0.259. The van der Waals surface area contributed by atoms with Crippen molar-refractivity contribution in [2.45, 2.75) is 64.4 Å². The SMILES string of the molecule is CCOC(=O)C1(Cc2ccc(CCCCc3nc(-c4ccccc4)oc3C)nc2)CCCO1. The number of hydrogen-bond acceptors (Lipinski definition) is 6. The van der Waals surface area contributed by atoms with Crippen molar-refractivity contribution >= 4 is 5.97 Å². The van der Waals surface area contributed by atoms with Crippen LogP contribution in [-0.2, 0) is 33.5 Å². The third-order valence-corrected chi connectivity index (χ3v) is 6.14. The largest absolute Gasteiger partial charge is 0.464 e. The molecule has 33 heavy (non-hydrogen) atoms. The van der Waals surface area contributed by atoms with Crippen LogP contribution in [0, 0.1) is 6.92 Å². The maximum Gasteiger partial charge on any atom is 0.338 e. The van der Waals surface area contributed by atoms with Crippen LogP contribution in [0.15, 0.2) is 53.1 Å². The molecule has 0 aliphatic carbocycles. The number of esters is 1. The highest BCUT2D eigenvalue weighted by Crippen LogP contribution is 2.31. The Labute approximate surface area is 195 Å². The summed E-state index contributed by atoms with van der Waals surface area (Å²) in [6, 6.07) is 14.1. The maximum absolute atomic E-state index is 12.5. The number of carbonyl (C=O) groups excluding carboxylic acids is 1. The Morgan fingerprint density at radius 1 is 1.12 bits per heavy atom. The first-order valence-electron chi connectivity index (χ1n) is 11.9. The van der Waals surface area contributed by atoms with Crippen LogP contribution in [0.1, 0.15) is 55.3 Å². The number of benzene rings is 1. The summed E-state index contributed by atoms with van der Waals surface area (Å²) < 4.78 is 17.0. The van der Waals surface area contributed by atoms with Gasteiger partial charge >= 0.3 is 5.97 Å². The van der Waals surface area contributed by atoms with Crippen LogP contribution >= 0.6 is 0 Å². The predicted octanol–water partition coefficient (Wildman–Crippen LogP) is 5.27. The van der Waals surface area contributed by atoms with E-state index in [4.69, 9.17) is 13.9 Å². The van der Waals surface area contributed by atoms with Crippen LogP contribution in [-0.4, -0.2) is 34.8 Å². The summed E-state index contributed by atoms with van der Waals surface area (Å²) in [5.74, 6) is 1.32. The van der Waals surface area contributed by atoms with Crippen LogP contribution in [0.4, 0.5) is 0 Å². The van der Waals surface area contributed by atoms with E-state index in [0.717, 1.165) is 60.4 Å². The number of nitrogens with zero attached hydrogens (tertiary/aromatic N) is 2. The van der Waals surface area contributed by atoms with Gasteiger partial charge in [0.15, 0.2) is 5.60 Å². The summed E-state index contributed by atoms with van der Waals surface area (Å²) in [7, 11) is 0. The second-order valence-corrected chi connectivity index (χ2v) is 8.60. The van der Waals surface area contributed by atoms with E-state index in [1.807, 2.05) is 50.4 Å². The highest BCUT2D eigenvalue weighted by Gasteiger charge is 2.44. The standard InChI is InChI=1S/C27H32N2O4/c1-3-31-26(30)27(16-9-17-32-27)18-21-14-15-23(28-19-21)12-7-8-13-24-20(2)33-25(29-24)22-10-5-4-6-11-22/h4-6,10-11,14-15,19H,3,7-9,12-13,16-18H2,1-2H3. The molecule has 1 aliphatic heterocycles. The second kappa shape index (κ2) is 10.8. The van der Waals surface area contributed by atoms with Crippen molar-refractivity contribution in [3.8, 4) is 11.5 Å². The average Bonchev–Trinajstić information content (AvgIpc) is 3.46. The molecule has 0 radical (unpaired) electrons. The van der Waals surface area contributed by atoms with Crippen molar-refractivity contribution in [3.05, 3.63) is 71.4 Å². The average molecular weight is 449 g/mol. The van der Waals surface area contributed by atoms with Gasteiger partial charge in [-0.1, -0.05) is 24.3 Å². The van der Waals surface area contributed by atoms with E-state index in [1.54, 1.807) is 0 Å². The minimum atomic E-state index is -0.854. The molecule has 0 N–H and O–H groups in total. The number of unbranched alkanes of at least 4 members (excludes halogenated alkanes) is 1. The van der Waals surface area contributed by atoms with Crippen LogP contribution in [0.5, 0.6) is 0 Å². The van der Waals surface area contributed by atoms with E-state index >= 15 is 0 Å². The molecule has 0 saturated carbocycles. The van der Waals surface area contributed by atoms with Crippen molar-refractivity contribution in [2.75, 3.05) is 13.2 Å². The van der Waals surface area contributed by atoms with Crippen molar-refractivity contribution in [1.82, 2.24) is 9.97 Å². The highest BCUT2D eigenvalue weighted by molar-refractivity contribution is 5.80. The summed E-state index contributed by atoms with van der Waals surface area (Å²) in [6.45, 7) is 4.76. The van der Waals surface area contributed by atoms with Gasteiger partial charge in [-0.3, -0.25) is 4.98 Å². The molecule has 1 atom stereocenters. The Morgan fingerprint density at radius 2 is 1.94 bits per heavy atom. The smallest absolute Gasteiger partial charge is 0.338 e. The molecule has 1 aromatic carbocycles. The van der Waals surface area contributed by atoms with Gasteiger partial charge in [-0.05, 0) is 76.1 Å². The summed E-state index contributed by atoms with van der Waals surface area (Å²) in [6.07, 6.45) is 7.78. The van der Waals surface area contributed by atoms with Gasteiger partial charge in [0.2, 0.25) is 5.89 Å². The minimum Gasteiger partial charge on any atom is -0.464 e. The summed E-state index contributed by atoms with van der Waals surface area (Å²) in [4.78, 5) is 21.8. The van der Waals surface area contributed by atoms with E-state index in [1.165, 1.54) is 0 Å². The third-order valence-electron chi connectivity index (χ3n) is 6.14. The van der Waals surface area contributed by atoms with Gasteiger partial charge < -0.3 is 13.9 Å². The molecule has 0 amide bonds. The van der Waals surface area contributed by atoms with Gasteiger partial charge in [-0.25, -0.2) is 9.78 Å². The van der Waals surface area contributed by atoms with E-state index in [0.29, 0.717) is 31.9 Å². The molecule has 174 valence electrons. The molecule has 1 aliphatic rings. The Morgan fingerprint density at radius 3 is 2.64 bits per heavy atom. The first kappa shape index (κ1) is 23.2. The number of rotatable bonds is 10. The molecule has 1 unspecified atom stereocenters. The first-order chi connectivity index (χ1) is 16.1. The van der Waals surface area contributed by atoms with Crippen molar-refractivity contribution in [2.24, 2.45) is 0 Å². The molecular weight excluding hydrogens is 416 g/mol. The number of hydrogen-bond donors (Lipinski definition) is 0.